The maximum atomic E-state index is 12.0. The normalized spacial score (nSPS) is 16.4. The van der Waals surface area contributed by atoms with Crippen molar-refractivity contribution in [2.45, 2.75) is 45.1 Å². The molecule has 7 heteroatoms. The highest BCUT2D eigenvalue weighted by atomic mass is 16.7. The molecule has 7 nitrogen and oxygen atoms in total. The predicted octanol–water partition coefficient (Wildman–Crippen LogP) is 2.40. The third-order valence-corrected chi connectivity index (χ3v) is 4.61. The predicted molar refractivity (Wildman–Crippen MR) is 94.0 cm³/mol. The number of nitrogens with zero attached hydrogens (tertiary/aromatic N) is 1. The fraction of sp³-hybridized carbons (Fsp3) is 0.556. The van der Waals surface area contributed by atoms with Gasteiger partial charge in [-0.15, -0.1) is 0 Å². The molecule has 3 rings (SSSR count). The minimum Gasteiger partial charge on any atom is -0.454 e. The molecule has 0 aromatic heterocycles. The Morgan fingerprint density at radius 3 is 2.68 bits per heavy atom. The maximum Gasteiger partial charge on any atom is 0.315 e. The Morgan fingerprint density at radius 1 is 1.16 bits per heavy atom. The molecule has 0 spiro atoms. The van der Waals surface area contributed by atoms with Crippen LogP contribution in [0.4, 0.5) is 10.5 Å². The number of anilines is 1. The highest BCUT2D eigenvalue weighted by Crippen LogP contribution is 2.35. The van der Waals surface area contributed by atoms with Crippen molar-refractivity contribution in [3.05, 3.63) is 18.2 Å². The summed E-state index contributed by atoms with van der Waals surface area (Å²) in [6.07, 6.45) is 5.69. The number of amides is 3. The van der Waals surface area contributed by atoms with E-state index in [-0.39, 0.29) is 24.8 Å². The van der Waals surface area contributed by atoms with Gasteiger partial charge in [-0.3, -0.25) is 4.79 Å². The van der Waals surface area contributed by atoms with Crippen molar-refractivity contribution in [2.24, 2.45) is 0 Å². The van der Waals surface area contributed by atoms with Gasteiger partial charge in [-0.2, -0.15) is 0 Å². The van der Waals surface area contributed by atoms with Crippen LogP contribution in [0.3, 0.4) is 0 Å². The van der Waals surface area contributed by atoms with Gasteiger partial charge in [0, 0.05) is 37.8 Å². The number of urea groups is 1. The molecule has 0 saturated heterocycles. The Morgan fingerprint density at radius 2 is 1.92 bits per heavy atom. The molecule has 1 aliphatic carbocycles. The van der Waals surface area contributed by atoms with E-state index in [4.69, 9.17) is 9.47 Å². The second-order valence-corrected chi connectivity index (χ2v) is 6.44. The van der Waals surface area contributed by atoms with E-state index in [0.717, 1.165) is 18.5 Å². The van der Waals surface area contributed by atoms with E-state index in [9.17, 15) is 9.59 Å². The van der Waals surface area contributed by atoms with E-state index in [1.165, 1.54) is 26.2 Å². The number of carbonyl (C=O) groups excluding carboxylic acids is 2. The van der Waals surface area contributed by atoms with Crippen molar-refractivity contribution in [1.29, 1.82) is 0 Å². The molecule has 1 saturated carbocycles. The van der Waals surface area contributed by atoms with E-state index in [0.29, 0.717) is 24.6 Å². The van der Waals surface area contributed by atoms with Crippen molar-refractivity contribution in [3.8, 4) is 11.5 Å². The molecule has 3 amide bonds. The Balaban J connectivity index is 1.50. The van der Waals surface area contributed by atoms with Gasteiger partial charge >= 0.3 is 6.03 Å². The van der Waals surface area contributed by atoms with E-state index in [1.54, 1.807) is 17.0 Å². The average molecular weight is 347 g/mol. The van der Waals surface area contributed by atoms with Crippen LogP contribution in [0.2, 0.25) is 0 Å². The summed E-state index contributed by atoms with van der Waals surface area (Å²) in [4.78, 5) is 25.6. The van der Waals surface area contributed by atoms with Crippen molar-refractivity contribution >= 4 is 17.6 Å². The highest BCUT2D eigenvalue weighted by molar-refractivity contribution is 5.92. The first kappa shape index (κ1) is 17.4. The first-order valence-electron chi connectivity index (χ1n) is 8.85. The largest absolute Gasteiger partial charge is 0.454 e. The Labute approximate surface area is 147 Å². The van der Waals surface area contributed by atoms with E-state index < -0.39 is 0 Å². The molecule has 1 heterocycles. The molecule has 1 aromatic carbocycles. The molecule has 0 bridgehead atoms. The smallest absolute Gasteiger partial charge is 0.315 e. The first-order chi connectivity index (χ1) is 12.1. The zero-order valence-electron chi connectivity index (χ0n) is 14.5. The van der Waals surface area contributed by atoms with Gasteiger partial charge in [0.1, 0.15) is 0 Å². The zero-order chi connectivity index (χ0) is 17.6. The Bertz CT molecular complexity index is 629. The number of hydrogen-bond acceptors (Lipinski definition) is 4. The molecule has 0 atom stereocenters. The number of ether oxygens (including phenoxy) is 2. The lowest BCUT2D eigenvalue weighted by Crippen LogP contribution is -2.45. The van der Waals surface area contributed by atoms with Crippen molar-refractivity contribution in [3.63, 3.8) is 0 Å². The average Bonchev–Trinajstić information content (AvgIpc) is 3.07. The lowest BCUT2D eigenvalue weighted by atomic mass is 9.96. The van der Waals surface area contributed by atoms with Crippen molar-refractivity contribution in [1.82, 2.24) is 10.6 Å². The molecule has 25 heavy (non-hydrogen) atoms. The van der Waals surface area contributed by atoms with Gasteiger partial charge in [0.25, 0.3) is 0 Å². The molecule has 1 aliphatic heterocycles. The molecule has 1 aromatic rings. The van der Waals surface area contributed by atoms with Crippen LogP contribution in [0.1, 0.15) is 39.0 Å². The van der Waals surface area contributed by atoms with Crippen LogP contribution in [-0.2, 0) is 4.79 Å². The van der Waals surface area contributed by atoms with E-state index in [2.05, 4.69) is 10.6 Å². The molecule has 136 valence electrons. The molecule has 0 radical (unpaired) electrons. The monoisotopic (exact) mass is 347 g/mol. The van der Waals surface area contributed by atoms with Crippen molar-refractivity contribution in [2.75, 3.05) is 24.8 Å². The fourth-order valence-corrected chi connectivity index (χ4v) is 3.29. The third-order valence-electron chi connectivity index (χ3n) is 4.61. The topological polar surface area (TPSA) is 79.9 Å². The second-order valence-electron chi connectivity index (χ2n) is 6.44. The van der Waals surface area contributed by atoms with E-state index >= 15 is 0 Å². The van der Waals surface area contributed by atoms with Crippen LogP contribution in [0.15, 0.2) is 18.2 Å². The van der Waals surface area contributed by atoms with Gasteiger partial charge in [-0.25, -0.2) is 4.79 Å². The molecular formula is C18H25N3O4. The second kappa shape index (κ2) is 8.09. The van der Waals surface area contributed by atoms with Gasteiger partial charge in [0.15, 0.2) is 11.5 Å². The minimum atomic E-state index is -0.166. The van der Waals surface area contributed by atoms with Gasteiger partial charge in [-0.1, -0.05) is 19.3 Å². The quantitative estimate of drug-likeness (QED) is 0.857. The first-order valence-corrected chi connectivity index (χ1v) is 8.85. The van der Waals surface area contributed by atoms with Gasteiger partial charge < -0.3 is 25.0 Å². The van der Waals surface area contributed by atoms with Crippen LogP contribution in [-0.4, -0.2) is 37.9 Å². The number of fused-ring (bicyclic) bond motifs is 1. The molecular weight excluding hydrogens is 322 g/mol. The molecule has 0 unspecified atom stereocenters. The van der Waals surface area contributed by atoms with Crippen molar-refractivity contribution < 1.29 is 19.1 Å². The lowest BCUT2D eigenvalue weighted by molar-refractivity contribution is -0.116. The summed E-state index contributed by atoms with van der Waals surface area (Å²) in [6.45, 7) is 2.48. The van der Waals surface area contributed by atoms with Gasteiger partial charge in [-0.05, 0) is 25.0 Å². The Hall–Kier alpha value is -2.44. The lowest BCUT2D eigenvalue weighted by Gasteiger charge is -2.24. The fourth-order valence-electron chi connectivity index (χ4n) is 3.29. The van der Waals surface area contributed by atoms with Gasteiger partial charge in [0.2, 0.25) is 12.7 Å². The summed E-state index contributed by atoms with van der Waals surface area (Å²) in [5.41, 5.74) is 0.728. The van der Waals surface area contributed by atoms with Gasteiger partial charge in [0.05, 0.1) is 0 Å². The van der Waals surface area contributed by atoms with E-state index in [1.807, 2.05) is 6.07 Å². The highest BCUT2D eigenvalue weighted by Gasteiger charge is 2.19. The van der Waals surface area contributed by atoms with Crippen LogP contribution in [0.25, 0.3) is 0 Å². The standard InChI is InChI=1S/C18H25N3O4/c1-13(22)21(15-7-8-16-17(11-15)25-12-24-16)10-9-19-18(23)20-14-5-3-2-4-6-14/h7-8,11,14H,2-6,9-10,12H2,1H3,(H2,19,20,23). The third kappa shape index (κ3) is 4.55. The molecule has 2 aliphatic rings. The minimum absolute atomic E-state index is 0.0895. The maximum absolute atomic E-state index is 12.0. The number of hydrogen-bond donors (Lipinski definition) is 2. The number of rotatable bonds is 5. The van der Waals surface area contributed by atoms with Crippen LogP contribution < -0.4 is 25.0 Å². The number of nitrogens with one attached hydrogen (secondary N) is 2. The summed E-state index contributed by atoms with van der Waals surface area (Å²) in [7, 11) is 0. The summed E-state index contributed by atoms with van der Waals surface area (Å²) in [6, 6.07) is 5.49. The van der Waals surface area contributed by atoms with Crippen LogP contribution in [0, 0.1) is 0 Å². The van der Waals surface area contributed by atoms with Crippen LogP contribution >= 0.6 is 0 Å². The summed E-state index contributed by atoms with van der Waals surface area (Å²) in [5, 5.41) is 5.84. The van der Waals surface area contributed by atoms with Crippen LogP contribution in [0.5, 0.6) is 11.5 Å². The zero-order valence-corrected chi connectivity index (χ0v) is 14.5. The Kier molecular flexibility index (Phi) is 5.63. The SMILES string of the molecule is CC(=O)N(CCNC(=O)NC1CCCCC1)c1ccc2c(c1)OCO2. The molecule has 1 fully saturated rings. The molecule has 2 N–H and O–H groups in total. The summed E-state index contributed by atoms with van der Waals surface area (Å²) in [5.74, 6) is 1.22. The summed E-state index contributed by atoms with van der Waals surface area (Å²) < 4.78 is 10.6. The number of carbonyl (C=O) groups is 2. The summed E-state index contributed by atoms with van der Waals surface area (Å²) >= 11 is 0. The number of benzene rings is 1.